The summed E-state index contributed by atoms with van der Waals surface area (Å²) in [4.78, 5) is 36.5. The number of esters is 3. The summed E-state index contributed by atoms with van der Waals surface area (Å²) in [6.45, 7) is 12.6. The lowest BCUT2D eigenvalue weighted by Gasteiger charge is -2.50. The zero-order valence-electron chi connectivity index (χ0n) is 22.4. The molecule has 1 aliphatic heterocycles. The van der Waals surface area contributed by atoms with Gasteiger partial charge in [0.25, 0.3) is 0 Å². The minimum Gasteiger partial charge on any atom is -0.481 e. The fourth-order valence-corrected chi connectivity index (χ4v) is 6.50. The van der Waals surface area contributed by atoms with E-state index in [1.54, 1.807) is 0 Å². The maximum Gasteiger partial charge on any atom is 0.308 e. The third-order valence-electron chi connectivity index (χ3n) is 7.67. The van der Waals surface area contributed by atoms with E-state index in [1.807, 2.05) is 32.9 Å². The van der Waals surface area contributed by atoms with Crippen molar-refractivity contribution in [3.63, 3.8) is 0 Å². The Bertz CT molecular complexity index is 1100. The number of benzene rings is 1. The van der Waals surface area contributed by atoms with Crippen molar-refractivity contribution in [3.8, 4) is 11.5 Å². The summed E-state index contributed by atoms with van der Waals surface area (Å²) < 4.78 is 23.5. The molecule has 0 N–H and O–H groups in total. The Morgan fingerprint density at radius 2 is 1.86 bits per heavy atom. The summed E-state index contributed by atoms with van der Waals surface area (Å²) in [6, 6.07) is 1.81. The Labute approximate surface area is 213 Å². The number of aryl methyl sites for hydroxylation is 1. The van der Waals surface area contributed by atoms with Crippen molar-refractivity contribution >= 4 is 17.9 Å². The molecule has 0 bridgehead atoms. The molecule has 0 radical (unpaired) electrons. The maximum atomic E-state index is 12.5. The van der Waals surface area contributed by atoms with E-state index in [1.165, 1.54) is 13.8 Å². The van der Waals surface area contributed by atoms with Gasteiger partial charge in [0.1, 0.15) is 11.7 Å². The van der Waals surface area contributed by atoms with Gasteiger partial charge in [-0.1, -0.05) is 25.8 Å². The van der Waals surface area contributed by atoms with Gasteiger partial charge in [-0.15, -0.1) is 0 Å². The lowest BCUT2D eigenvalue weighted by Crippen LogP contribution is -2.56. The molecule has 7 heteroatoms. The van der Waals surface area contributed by atoms with Crippen LogP contribution in [0.4, 0.5) is 0 Å². The highest BCUT2D eigenvalue weighted by Gasteiger charge is 2.61. The largest absolute Gasteiger partial charge is 0.481 e. The van der Waals surface area contributed by atoms with Gasteiger partial charge in [0, 0.05) is 31.2 Å². The van der Waals surface area contributed by atoms with E-state index in [0.717, 1.165) is 36.0 Å². The normalized spacial score (nSPS) is 28.3. The van der Waals surface area contributed by atoms with Gasteiger partial charge in [0.2, 0.25) is 0 Å². The highest BCUT2D eigenvalue weighted by molar-refractivity contribution is 5.74. The number of ether oxygens (including phenoxy) is 4. The van der Waals surface area contributed by atoms with Gasteiger partial charge >= 0.3 is 17.9 Å². The summed E-state index contributed by atoms with van der Waals surface area (Å²) in [6.07, 6.45) is 6.84. The van der Waals surface area contributed by atoms with E-state index in [4.69, 9.17) is 18.9 Å². The molecule has 7 nitrogen and oxygen atoms in total. The van der Waals surface area contributed by atoms with Crippen LogP contribution in [0.2, 0.25) is 0 Å². The number of carbonyl (C=O) groups is 3. The first-order chi connectivity index (χ1) is 16.8. The van der Waals surface area contributed by atoms with Crippen LogP contribution in [0.5, 0.6) is 11.5 Å². The van der Waals surface area contributed by atoms with Crippen LogP contribution in [0, 0.1) is 18.8 Å². The van der Waals surface area contributed by atoms with Crippen molar-refractivity contribution in [1.29, 1.82) is 0 Å². The molecule has 1 aromatic rings. The number of carbonyl (C=O) groups excluding carboxylic acids is 3. The van der Waals surface area contributed by atoms with E-state index in [0.29, 0.717) is 23.8 Å². The second kappa shape index (κ2) is 9.56. The molecule has 1 heterocycles. The van der Waals surface area contributed by atoms with Crippen LogP contribution in [-0.2, 0) is 35.7 Å². The second-order valence-electron chi connectivity index (χ2n) is 11.5. The maximum absolute atomic E-state index is 12.5. The molecule has 1 spiro atoms. The molecule has 1 saturated carbocycles. The summed E-state index contributed by atoms with van der Waals surface area (Å²) in [5.74, 6) is 0.415. The van der Waals surface area contributed by atoms with Gasteiger partial charge in [0.15, 0.2) is 17.6 Å². The first kappa shape index (κ1) is 26.2. The van der Waals surface area contributed by atoms with Crippen LogP contribution in [0.3, 0.4) is 0 Å². The molecule has 3 aliphatic rings. The van der Waals surface area contributed by atoms with Gasteiger partial charge in [-0.05, 0) is 75.6 Å². The third kappa shape index (κ3) is 4.76. The first-order valence-electron chi connectivity index (χ1n) is 12.9. The van der Waals surface area contributed by atoms with Crippen molar-refractivity contribution in [3.05, 3.63) is 34.9 Å². The lowest BCUT2D eigenvalue weighted by molar-refractivity contribution is -0.155. The molecular weight excluding hydrogens is 460 g/mol. The zero-order valence-corrected chi connectivity index (χ0v) is 22.4. The highest BCUT2D eigenvalue weighted by atomic mass is 16.6. The molecule has 1 aromatic carbocycles. The van der Waals surface area contributed by atoms with Crippen LogP contribution in [0.15, 0.2) is 18.2 Å². The fourth-order valence-electron chi connectivity index (χ4n) is 6.50. The summed E-state index contributed by atoms with van der Waals surface area (Å²) in [5.41, 5.74) is 2.00. The van der Waals surface area contributed by atoms with E-state index in [9.17, 15) is 14.4 Å². The number of allylic oxidation sites excluding steroid dienone is 1. The van der Waals surface area contributed by atoms with Crippen LogP contribution in [-0.4, -0.2) is 35.7 Å². The van der Waals surface area contributed by atoms with E-state index in [2.05, 4.69) is 19.9 Å². The van der Waals surface area contributed by atoms with Crippen molar-refractivity contribution in [1.82, 2.24) is 0 Å². The summed E-state index contributed by atoms with van der Waals surface area (Å²) in [7, 11) is 0. The lowest BCUT2D eigenvalue weighted by atomic mass is 9.54. The predicted molar refractivity (Wildman–Crippen MR) is 134 cm³/mol. The molecule has 1 fully saturated rings. The van der Waals surface area contributed by atoms with Crippen LogP contribution >= 0.6 is 0 Å². The third-order valence-corrected chi connectivity index (χ3v) is 7.67. The van der Waals surface area contributed by atoms with Gasteiger partial charge in [0.05, 0.1) is 0 Å². The average molecular weight is 499 g/mol. The monoisotopic (exact) mass is 498 g/mol. The zero-order chi connectivity index (χ0) is 26.4. The van der Waals surface area contributed by atoms with E-state index >= 15 is 0 Å². The Balaban J connectivity index is 1.82. The molecule has 5 atom stereocenters. The van der Waals surface area contributed by atoms with Crippen LogP contribution in [0.1, 0.15) is 83.9 Å². The quantitative estimate of drug-likeness (QED) is 0.316. The molecule has 0 amide bonds. The smallest absolute Gasteiger partial charge is 0.308 e. The van der Waals surface area contributed by atoms with E-state index < -0.39 is 29.2 Å². The fraction of sp³-hybridized carbons (Fsp3) is 0.621. The van der Waals surface area contributed by atoms with E-state index in [-0.39, 0.29) is 24.3 Å². The molecule has 0 saturated heterocycles. The Kier molecular flexibility index (Phi) is 6.97. The van der Waals surface area contributed by atoms with Crippen molar-refractivity contribution < 1.29 is 33.3 Å². The minimum absolute atomic E-state index is 0.189. The molecule has 2 aliphatic carbocycles. The molecule has 0 aromatic heterocycles. The molecule has 1 unspecified atom stereocenters. The van der Waals surface area contributed by atoms with Crippen LogP contribution in [0.25, 0.3) is 0 Å². The SMILES string of the molecule is CC(=O)Oc1cc(CCC(=O)OC(C)(C)C)c(C)c2c1O[C@H]1[C@@H](OC(C)=O)C=CC3[C@@H](C)CCC[C@@]231. The van der Waals surface area contributed by atoms with Gasteiger partial charge < -0.3 is 18.9 Å². The molecular formula is C29H38O7. The van der Waals surface area contributed by atoms with Crippen molar-refractivity contribution in [2.24, 2.45) is 11.8 Å². The average Bonchev–Trinajstić information content (AvgIpc) is 3.09. The molecule has 36 heavy (non-hydrogen) atoms. The van der Waals surface area contributed by atoms with Crippen molar-refractivity contribution in [2.75, 3.05) is 0 Å². The summed E-state index contributed by atoms with van der Waals surface area (Å²) >= 11 is 0. The topological polar surface area (TPSA) is 88.1 Å². The Morgan fingerprint density at radius 3 is 2.50 bits per heavy atom. The molecule has 4 rings (SSSR count). The van der Waals surface area contributed by atoms with Gasteiger partial charge in [-0.25, -0.2) is 0 Å². The van der Waals surface area contributed by atoms with Gasteiger partial charge in [-0.2, -0.15) is 0 Å². The summed E-state index contributed by atoms with van der Waals surface area (Å²) in [5, 5.41) is 0. The molecule has 196 valence electrons. The second-order valence-corrected chi connectivity index (χ2v) is 11.5. The minimum atomic E-state index is -0.557. The highest BCUT2D eigenvalue weighted by Crippen LogP contribution is 2.62. The first-order valence-corrected chi connectivity index (χ1v) is 12.9. The van der Waals surface area contributed by atoms with Crippen molar-refractivity contribution in [2.45, 2.75) is 104 Å². The predicted octanol–water partition coefficient (Wildman–Crippen LogP) is 5.13. The number of hydrogen-bond donors (Lipinski definition) is 0. The Morgan fingerprint density at radius 1 is 1.14 bits per heavy atom. The van der Waals surface area contributed by atoms with Gasteiger partial charge in [-0.3, -0.25) is 14.4 Å². The Hall–Kier alpha value is -2.83. The number of fused-ring (bicyclic) bond motifs is 1. The van der Waals surface area contributed by atoms with Crippen LogP contribution < -0.4 is 9.47 Å². The number of hydrogen-bond acceptors (Lipinski definition) is 7. The standard InChI is InChI=1S/C29H38O7/c1-16-9-8-14-29-21(16)11-12-22(33-18(3)30)27(29)35-26-23(34-19(4)31)15-20(17(2)25(26)29)10-13-24(32)36-28(5,6)7/h11-12,15-16,21-22,27H,8-10,13-14H2,1-7H3/t16-,21?,22-,27-,29-/m0/s1. The number of rotatable bonds is 5.